The molecule has 5 nitrogen and oxygen atoms in total. The molecule has 1 heterocycles. The Labute approximate surface area is 189 Å². The normalized spacial score (nSPS) is 10.9. The molecule has 0 saturated carbocycles. The lowest BCUT2D eigenvalue weighted by Crippen LogP contribution is -2.08. The zero-order valence-electron chi connectivity index (χ0n) is 16.4. The van der Waals surface area contributed by atoms with Crippen molar-refractivity contribution in [3.05, 3.63) is 106 Å². The van der Waals surface area contributed by atoms with Gasteiger partial charge in [-0.25, -0.2) is 9.78 Å². The molecule has 0 aliphatic rings. The number of thiazole rings is 1. The largest absolute Gasteiger partial charge is 0.457 e. The Hall–Kier alpha value is -3.48. The van der Waals surface area contributed by atoms with Crippen molar-refractivity contribution in [1.82, 2.24) is 4.98 Å². The van der Waals surface area contributed by atoms with Crippen molar-refractivity contribution in [2.24, 2.45) is 5.10 Å². The van der Waals surface area contributed by atoms with Gasteiger partial charge in [-0.2, -0.15) is 5.10 Å². The lowest BCUT2D eigenvalue weighted by molar-refractivity contribution is 0.0472. The zero-order valence-corrected chi connectivity index (χ0v) is 17.9. The molecule has 4 aromatic rings. The van der Waals surface area contributed by atoms with E-state index in [1.54, 1.807) is 24.4 Å². The van der Waals surface area contributed by atoms with Crippen LogP contribution < -0.4 is 5.43 Å². The minimum Gasteiger partial charge on any atom is -0.457 e. The molecule has 0 radical (unpaired) electrons. The Balaban J connectivity index is 1.42. The standard InChI is InChI=1S/C24H18ClN3O2S/c25-21-13-7-6-12-20(21)22-16-31-24(27-22)28-26-14-18-10-4-5-11-19(18)23(29)30-15-17-8-2-1-3-9-17/h1-14,16H,15H2,(H,27,28)/b26-14+. The monoisotopic (exact) mass is 447 g/mol. The smallest absolute Gasteiger partial charge is 0.339 e. The summed E-state index contributed by atoms with van der Waals surface area (Å²) in [6, 6.07) is 24.3. The SMILES string of the molecule is O=C(OCc1ccccc1)c1ccccc1/C=N/Nc1nc(-c2ccccc2Cl)cs1. The van der Waals surface area contributed by atoms with Crippen molar-refractivity contribution < 1.29 is 9.53 Å². The van der Waals surface area contributed by atoms with Gasteiger partial charge in [0, 0.05) is 21.5 Å². The van der Waals surface area contributed by atoms with Gasteiger partial charge in [-0.05, 0) is 17.7 Å². The van der Waals surface area contributed by atoms with Crippen LogP contribution in [0.2, 0.25) is 5.02 Å². The molecule has 0 amide bonds. The molecule has 0 fully saturated rings. The van der Waals surface area contributed by atoms with Gasteiger partial charge in [0.25, 0.3) is 0 Å². The number of aromatic nitrogens is 1. The van der Waals surface area contributed by atoms with Gasteiger partial charge in [-0.15, -0.1) is 11.3 Å². The lowest BCUT2D eigenvalue weighted by atomic mass is 10.1. The van der Waals surface area contributed by atoms with E-state index in [2.05, 4.69) is 15.5 Å². The van der Waals surface area contributed by atoms with E-state index in [0.717, 1.165) is 16.8 Å². The Kier molecular flexibility index (Phi) is 6.72. The van der Waals surface area contributed by atoms with Crippen LogP contribution in [0.15, 0.2) is 89.3 Å². The molecule has 0 unspecified atom stereocenters. The fourth-order valence-corrected chi connectivity index (χ4v) is 3.76. The first-order valence-corrected chi connectivity index (χ1v) is 10.8. The van der Waals surface area contributed by atoms with Crippen molar-refractivity contribution in [3.63, 3.8) is 0 Å². The number of anilines is 1. The van der Waals surface area contributed by atoms with Crippen LogP contribution in [0.1, 0.15) is 21.5 Å². The molecule has 0 atom stereocenters. The summed E-state index contributed by atoms with van der Waals surface area (Å²) < 4.78 is 5.44. The van der Waals surface area contributed by atoms with E-state index >= 15 is 0 Å². The highest BCUT2D eigenvalue weighted by Crippen LogP contribution is 2.30. The Morgan fingerprint density at radius 1 is 1.03 bits per heavy atom. The molecule has 7 heteroatoms. The van der Waals surface area contributed by atoms with E-state index in [0.29, 0.717) is 21.3 Å². The first kappa shape index (κ1) is 20.8. The molecule has 1 N–H and O–H groups in total. The zero-order chi connectivity index (χ0) is 21.5. The van der Waals surface area contributed by atoms with E-state index in [9.17, 15) is 4.79 Å². The molecule has 0 saturated heterocycles. The number of hydrazone groups is 1. The van der Waals surface area contributed by atoms with Crippen LogP contribution in [-0.4, -0.2) is 17.2 Å². The van der Waals surface area contributed by atoms with Crippen molar-refractivity contribution in [1.29, 1.82) is 0 Å². The summed E-state index contributed by atoms with van der Waals surface area (Å²) in [4.78, 5) is 17.0. The molecule has 0 aliphatic heterocycles. The van der Waals surface area contributed by atoms with E-state index in [4.69, 9.17) is 16.3 Å². The van der Waals surface area contributed by atoms with Gasteiger partial charge >= 0.3 is 5.97 Å². The van der Waals surface area contributed by atoms with E-state index in [1.807, 2.05) is 66.0 Å². The van der Waals surface area contributed by atoms with E-state index in [-0.39, 0.29) is 6.61 Å². The highest BCUT2D eigenvalue weighted by atomic mass is 35.5. The summed E-state index contributed by atoms with van der Waals surface area (Å²) in [5, 5.41) is 7.41. The first-order chi connectivity index (χ1) is 15.2. The van der Waals surface area contributed by atoms with Crippen molar-refractivity contribution in [2.45, 2.75) is 6.61 Å². The minimum absolute atomic E-state index is 0.216. The number of hydrogen-bond donors (Lipinski definition) is 1. The Bertz CT molecular complexity index is 1210. The number of benzene rings is 3. The summed E-state index contributed by atoms with van der Waals surface area (Å²) in [7, 11) is 0. The van der Waals surface area contributed by atoms with Crippen LogP contribution in [0, 0.1) is 0 Å². The molecule has 4 rings (SSSR count). The second-order valence-corrected chi connectivity index (χ2v) is 7.80. The predicted molar refractivity (Wildman–Crippen MR) is 126 cm³/mol. The minimum atomic E-state index is -0.402. The molecule has 3 aromatic carbocycles. The molecule has 1 aromatic heterocycles. The van der Waals surface area contributed by atoms with Crippen LogP contribution in [0.25, 0.3) is 11.3 Å². The number of rotatable bonds is 7. The summed E-state index contributed by atoms with van der Waals surface area (Å²) in [5.41, 5.74) is 6.57. The second-order valence-electron chi connectivity index (χ2n) is 6.54. The van der Waals surface area contributed by atoms with Crippen LogP contribution in [-0.2, 0) is 11.3 Å². The summed E-state index contributed by atoms with van der Waals surface area (Å²) in [6.07, 6.45) is 1.58. The summed E-state index contributed by atoms with van der Waals surface area (Å²) in [5.74, 6) is -0.402. The van der Waals surface area contributed by atoms with Crippen LogP contribution in [0.4, 0.5) is 5.13 Å². The van der Waals surface area contributed by atoms with Crippen LogP contribution in [0.5, 0.6) is 0 Å². The number of nitrogens with one attached hydrogen (secondary N) is 1. The third-order valence-electron chi connectivity index (χ3n) is 4.41. The highest BCUT2D eigenvalue weighted by molar-refractivity contribution is 7.14. The van der Waals surface area contributed by atoms with Crippen LogP contribution >= 0.6 is 22.9 Å². The molecule has 0 bridgehead atoms. The number of carbonyl (C=O) groups excluding carboxylic acids is 1. The third kappa shape index (κ3) is 5.36. The third-order valence-corrected chi connectivity index (χ3v) is 5.49. The van der Waals surface area contributed by atoms with Gasteiger partial charge in [0.2, 0.25) is 5.13 Å². The van der Waals surface area contributed by atoms with Crippen molar-refractivity contribution in [3.8, 4) is 11.3 Å². The van der Waals surface area contributed by atoms with E-state index < -0.39 is 5.97 Å². The number of nitrogens with zero attached hydrogens (tertiary/aromatic N) is 2. The van der Waals surface area contributed by atoms with Gasteiger partial charge in [-0.1, -0.05) is 78.3 Å². The topological polar surface area (TPSA) is 63.6 Å². The van der Waals surface area contributed by atoms with Gasteiger partial charge in [0.05, 0.1) is 17.5 Å². The average Bonchev–Trinajstić information content (AvgIpc) is 3.27. The number of carbonyl (C=O) groups is 1. The predicted octanol–water partition coefficient (Wildman–Crippen LogP) is 6.27. The number of esters is 1. The molecule has 0 spiro atoms. The lowest BCUT2D eigenvalue weighted by Gasteiger charge is -2.07. The average molecular weight is 448 g/mol. The molecule has 0 aliphatic carbocycles. The van der Waals surface area contributed by atoms with Gasteiger partial charge < -0.3 is 4.74 Å². The maximum absolute atomic E-state index is 12.5. The van der Waals surface area contributed by atoms with Crippen molar-refractivity contribution in [2.75, 3.05) is 5.43 Å². The Morgan fingerprint density at radius 2 is 1.77 bits per heavy atom. The summed E-state index contributed by atoms with van der Waals surface area (Å²) in [6.45, 7) is 0.216. The van der Waals surface area contributed by atoms with Gasteiger partial charge in [0.15, 0.2) is 0 Å². The van der Waals surface area contributed by atoms with Gasteiger partial charge in [0.1, 0.15) is 6.61 Å². The van der Waals surface area contributed by atoms with Crippen molar-refractivity contribution >= 4 is 40.3 Å². The number of hydrogen-bond acceptors (Lipinski definition) is 6. The molecule has 154 valence electrons. The highest BCUT2D eigenvalue weighted by Gasteiger charge is 2.12. The second kappa shape index (κ2) is 10.0. The van der Waals surface area contributed by atoms with Crippen LogP contribution in [0.3, 0.4) is 0 Å². The fourth-order valence-electron chi connectivity index (χ4n) is 2.87. The first-order valence-electron chi connectivity index (χ1n) is 9.50. The number of ether oxygens (including phenoxy) is 1. The Morgan fingerprint density at radius 3 is 2.61 bits per heavy atom. The van der Waals surface area contributed by atoms with Gasteiger partial charge in [-0.3, -0.25) is 5.43 Å². The maximum atomic E-state index is 12.5. The number of halogens is 1. The molecular weight excluding hydrogens is 430 g/mol. The fraction of sp³-hybridized carbons (Fsp3) is 0.0417. The molecular formula is C24H18ClN3O2S. The summed E-state index contributed by atoms with van der Waals surface area (Å²) >= 11 is 7.65. The van der Waals surface area contributed by atoms with E-state index in [1.165, 1.54) is 11.3 Å². The quantitative estimate of drug-likeness (QED) is 0.206. The maximum Gasteiger partial charge on any atom is 0.339 e. The molecule has 31 heavy (non-hydrogen) atoms.